The number of carbonyl (C=O) groups excluding carboxylic acids is 4. The van der Waals surface area contributed by atoms with Crippen molar-refractivity contribution in [2.24, 2.45) is 0 Å². The topological polar surface area (TPSA) is 68.3 Å². The van der Waals surface area contributed by atoms with Crippen LogP contribution < -0.4 is 0 Å². The molecule has 32 heavy (non-hydrogen) atoms. The molecule has 0 heterocycles. The first-order valence-corrected chi connectivity index (χ1v) is 11.7. The van der Waals surface area contributed by atoms with E-state index in [2.05, 4.69) is 31.9 Å². The van der Waals surface area contributed by atoms with Crippen molar-refractivity contribution in [1.82, 2.24) is 0 Å². The van der Waals surface area contributed by atoms with Gasteiger partial charge in [-0.05, 0) is 28.3 Å². The predicted molar refractivity (Wildman–Crippen MR) is 130 cm³/mol. The smallest absolute Gasteiger partial charge is 0.171 e. The quantitative estimate of drug-likeness (QED) is 0.122. The van der Waals surface area contributed by atoms with E-state index in [9.17, 15) is 19.2 Å². The Labute approximate surface area is 197 Å². The van der Waals surface area contributed by atoms with Gasteiger partial charge in [0.1, 0.15) is 0 Å². The number of halogens is 2. The maximum Gasteiger partial charge on any atom is 0.171 e. The Morgan fingerprint density at radius 3 is 1.34 bits per heavy atom. The summed E-state index contributed by atoms with van der Waals surface area (Å²) in [5, 5.41) is 6.54. The van der Waals surface area contributed by atoms with Gasteiger partial charge in [0, 0.05) is 58.1 Å². The van der Waals surface area contributed by atoms with E-state index in [1.165, 1.54) is 0 Å². The molecule has 152 valence electrons. The number of Topliss-reactive ketones (excluding diaryl/α,β-unsaturated/α-hetero) is 4. The maximum absolute atomic E-state index is 12.8. The lowest BCUT2D eigenvalue weighted by Crippen LogP contribution is -2.17. The summed E-state index contributed by atoms with van der Waals surface area (Å²) >= 11 is 7.35. The van der Waals surface area contributed by atoms with Crippen molar-refractivity contribution in [3.05, 3.63) is 67.6 Å². The number of hydrogen-bond donors (Lipinski definition) is 0. The molecule has 0 saturated carbocycles. The Morgan fingerprint density at radius 2 is 0.875 bits per heavy atom. The maximum atomic E-state index is 12.8. The molecule has 0 atom stereocenters. The van der Waals surface area contributed by atoms with E-state index in [0.29, 0.717) is 33.0 Å². The summed E-state index contributed by atoms with van der Waals surface area (Å²) in [6.07, 6.45) is -0.250. The molecule has 2 aliphatic rings. The Kier molecular flexibility index (Phi) is 3.42. The van der Waals surface area contributed by atoms with Crippen LogP contribution in [0.15, 0.2) is 45.3 Å². The Morgan fingerprint density at radius 1 is 0.469 bits per heavy atom. The van der Waals surface area contributed by atoms with E-state index in [1.807, 2.05) is 12.1 Å². The van der Waals surface area contributed by atoms with Crippen molar-refractivity contribution in [3.63, 3.8) is 0 Å². The molecule has 0 radical (unpaired) electrons. The SMILES string of the molecule is O=C1CC(=O)c2ccc3c4c(Br)cc5c6c(cc(Br)c(c7ccc1c2c73)c64)C(=O)CC5=O. The summed E-state index contributed by atoms with van der Waals surface area (Å²) in [5.74, 6) is -0.710. The van der Waals surface area contributed by atoms with Crippen LogP contribution in [0, 0.1) is 0 Å². The van der Waals surface area contributed by atoms with Gasteiger partial charge in [0.2, 0.25) is 0 Å². The first kappa shape index (κ1) is 18.6. The van der Waals surface area contributed by atoms with E-state index >= 15 is 0 Å². The van der Waals surface area contributed by atoms with Gasteiger partial charge >= 0.3 is 0 Å². The van der Waals surface area contributed by atoms with Crippen LogP contribution in [0.5, 0.6) is 0 Å². The standard InChI is InChI=1S/C26H10Br2O4/c27-15-5-13-19(31)8-20(32)14-6-16(28)25-12-4-2-10-18(30)7-17(29)9-1-3-11(22(12)21(9)10)24(15)26(25)23(13)14/h1-6H,7-8H2. The van der Waals surface area contributed by atoms with Gasteiger partial charge in [-0.1, -0.05) is 56.1 Å². The summed E-state index contributed by atoms with van der Waals surface area (Å²) in [4.78, 5) is 50.9. The second-order valence-electron chi connectivity index (χ2n) is 8.43. The highest BCUT2D eigenvalue weighted by molar-refractivity contribution is 9.11. The van der Waals surface area contributed by atoms with Crippen LogP contribution >= 0.6 is 31.9 Å². The summed E-state index contributed by atoms with van der Waals surface area (Å²) in [7, 11) is 0. The normalized spacial score (nSPS) is 15.8. The van der Waals surface area contributed by atoms with Gasteiger partial charge in [0.25, 0.3) is 0 Å². The average Bonchev–Trinajstić information content (AvgIpc) is 2.75. The van der Waals surface area contributed by atoms with Crippen molar-refractivity contribution in [2.75, 3.05) is 0 Å². The Balaban J connectivity index is 1.88. The third-order valence-corrected chi connectivity index (χ3v) is 8.10. The molecule has 0 aromatic heterocycles. The fourth-order valence-electron chi connectivity index (χ4n) is 5.59. The van der Waals surface area contributed by atoms with E-state index < -0.39 is 0 Å². The first-order chi connectivity index (χ1) is 15.4. The summed E-state index contributed by atoms with van der Waals surface area (Å²) in [5.41, 5.74) is 2.20. The van der Waals surface area contributed by atoms with Gasteiger partial charge in [-0.15, -0.1) is 0 Å². The minimum Gasteiger partial charge on any atom is -0.294 e. The zero-order valence-corrected chi connectivity index (χ0v) is 19.4. The first-order valence-electron chi connectivity index (χ1n) is 10.1. The molecule has 0 N–H and O–H groups in total. The predicted octanol–water partition coefficient (Wildman–Crippen LogP) is 6.80. The Hall–Kier alpha value is -2.96. The van der Waals surface area contributed by atoms with E-state index in [0.717, 1.165) is 41.3 Å². The monoisotopic (exact) mass is 544 g/mol. The summed E-state index contributed by atoms with van der Waals surface area (Å²) < 4.78 is 1.49. The largest absolute Gasteiger partial charge is 0.294 e. The molecule has 6 heteroatoms. The molecule has 0 aliphatic heterocycles. The lowest BCUT2D eigenvalue weighted by molar-refractivity contribution is 0.0874. The second-order valence-corrected chi connectivity index (χ2v) is 10.1. The van der Waals surface area contributed by atoms with Crippen LogP contribution in [0.4, 0.5) is 0 Å². The lowest BCUT2D eigenvalue weighted by atomic mass is 9.79. The van der Waals surface area contributed by atoms with Crippen LogP contribution in [-0.2, 0) is 0 Å². The molecule has 0 unspecified atom stereocenters. The van der Waals surface area contributed by atoms with Crippen LogP contribution in [0.3, 0.4) is 0 Å². The van der Waals surface area contributed by atoms with Crippen molar-refractivity contribution in [3.8, 4) is 0 Å². The Bertz CT molecular complexity index is 1690. The van der Waals surface area contributed by atoms with Gasteiger partial charge in [0.05, 0.1) is 12.8 Å². The minimum atomic E-state index is -0.185. The molecule has 0 saturated heterocycles. The zero-order valence-electron chi connectivity index (χ0n) is 16.3. The van der Waals surface area contributed by atoms with Crippen molar-refractivity contribution < 1.29 is 19.2 Å². The highest BCUT2D eigenvalue weighted by Gasteiger charge is 2.32. The number of fused-ring (bicyclic) bond motifs is 2. The highest BCUT2D eigenvalue weighted by Crippen LogP contribution is 2.50. The van der Waals surface area contributed by atoms with Gasteiger partial charge in [-0.25, -0.2) is 0 Å². The molecular formula is C26H10Br2O4. The van der Waals surface area contributed by atoms with Crippen LogP contribution in [-0.4, -0.2) is 23.1 Å². The molecule has 5 aromatic rings. The van der Waals surface area contributed by atoms with E-state index in [4.69, 9.17) is 0 Å². The lowest BCUT2D eigenvalue weighted by Gasteiger charge is -2.24. The number of carbonyl (C=O) groups is 4. The zero-order chi connectivity index (χ0) is 22.0. The molecule has 0 bridgehead atoms. The van der Waals surface area contributed by atoms with Gasteiger partial charge < -0.3 is 0 Å². The van der Waals surface area contributed by atoms with Crippen LogP contribution in [0.1, 0.15) is 54.3 Å². The number of rotatable bonds is 0. The summed E-state index contributed by atoms with van der Waals surface area (Å²) in [6.45, 7) is 0. The van der Waals surface area contributed by atoms with Crippen LogP contribution in [0.2, 0.25) is 0 Å². The average molecular weight is 546 g/mol. The fourth-order valence-corrected chi connectivity index (χ4v) is 6.87. The van der Waals surface area contributed by atoms with E-state index in [1.54, 1.807) is 24.3 Å². The molecule has 2 aliphatic carbocycles. The fraction of sp³-hybridized carbons (Fsp3) is 0.0769. The number of benzene rings is 5. The van der Waals surface area contributed by atoms with Crippen molar-refractivity contribution >= 4 is 98.1 Å². The van der Waals surface area contributed by atoms with Gasteiger partial charge in [-0.3, -0.25) is 19.2 Å². The molecule has 5 aromatic carbocycles. The van der Waals surface area contributed by atoms with Gasteiger partial charge in [-0.2, -0.15) is 0 Å². The number of hydrogen-bond acceptors (Lipinski definition) is 4. The molecule has 0 fully saturated rings. The third-order valence-electron chi connectivity index (χ3n) is 6.85. The molecule has 4 nitrogen and oxygen atoms in total. The highest BCUT2D eigenvalue weighted by atomic mass is 79.9. The van der Waals surface area contributed by atoms with Crippen molar-refractivity contribution in [2.45, 2.75) is 12.8 Å². The van der Waals surface area contributed by atoms with E-state index in [-0.39, 0.29) is 36.0 Å². The molecule has 0 spiro atoms. The second kappa shape index (κ2) is 5.88. The molecule has 0 amide bonds. The van der Waals surface area contributed by atoms with Crippen molar-refractivity contribution in [1.29, 1.82) is 0 Å². The molecule has 7 rings (SSSR count). The summed E-state index contributed by atoms with van der Waals surface area (Å²) in [6, 6.07) is 11.0. The number of ketones is 4. The third kappa shape index (κ3) is 2.03. The molecular weight excluding hydrogens is 536 g/mol. The van der Waals surface area contributed by atoms with Gasteiger partial charge in [0.15, 0.2) is 23.1 Å². The minimum absolute atomic E-state index is 0.114. The van der Waals surface area contributed by atoms with Crippen LogP contribution in [0.25, 0.3) is 43.1 Å².